The maximum Gasteiger partial charge on any atom is 0.319 e. The van der Waals surface area contributed by atoms with Crippen LogP contribution in [0.2, 0.25) is 0 Å². The fourth-order valence-corrected chi connectivity index (χ4v) is 5.51. The molecule has 1 aliphatic carbocycles. The Bertz CT molecular complexity index is 947. The molecule has 0 unspecified atom stereocenters. The minimum Gasteiger partial charge on any atom is -0.379 e. The number of urea groups is 1. The Morgan fingerprint density at radius 1 is 0.971 bits per heavy atom. The third kappa shape index (κ3) is 5.64. The highest BCUT2D eigenvalue weighted by molar-refractivity contribution is 5.92. The number of ether oxygens (including phenoxy) is 1. The molecule has 2 amide bonds. The summed E-state index contributed by atoms with van der Waals surface area (Å²) in [6, 6.07) is 15.1. The van der Waals surface area contributed by atoms with Crippen LogP contribution in [0.4, 0.5) is 10.5 Å². The van der Waals surface area contributed by atoms with Crippen molar-refractivity contribution in [2.75, 3.05) is 31.6 Å². The molecular formula is C29H41N3O2. The quantitative estimate of drug-likeness (QED) is 0.503. The molecule has 184 valence electrons. The van der Waals surface area contributed by atoms with Crippen LogP contribution in [-0.4, -0.2) is 37.2 Å². The van der Waals surface area contributed by atoms with Crippen LogP contribution in [0, 0.1) is 0 Å². The second-order valence-electron chi connectivity index (χ2n) is 10.6. The Morgan fingerprint density at radius 3 is 2.21 bits per heavy atom. The number of amides is 2. The number of carbonyl (C=O) groups excluding carboxylic acids is 1. The van der Waals surface area contributed by atoms with E-state index in [9.17, 15) is 4.79 Å². The molecule has 34 heavy (non-hydrogen) atoms. The summed E-state index contributed by atoms with van der Waals surface area (Å²) in [7, 11) is 0. The number of anilines is 1. The van der Waals surface area contributed by atoms with Gasteiger partial charge in [0.15, 0.2) is 0 Å². The van der Waals surface area contributed by atoms with Crippen molar-refractivity contribution in [2.24, 2.45) is 0 Å². The van der Waals surface area contributed by atoms with Crippen molar-refractivity contribution in [2.45, 2.75) is 77.3 Å². The Labute approximate surface area is 205 Å². The fraction of sp³-hybridized carbons (Fsp3) is 0.552. The normalized spacial score (nSPS) is 18.4. The van der Waals surface area contributed by atoms with Crippen LogP contribution < -0.4 is 10.6 Å². The first-order valence-electron chi connectivity index (χ1n) is 13.0. The Balaban J connectivity index is 1.55. The monoisotopic (exact) mass is 463 g/mol. The van der Waals surface area contributed by atoms with Crippen LogP contribution in [0.1, 0.15) is 87.5 Å². The van der Waals surface area contributed by atoms with Gasteiger partial charge in [0.25, 0.3) is 0 Å². The van der Waals surface area contributed by atoms with Crippen LogP contribution in [-0.2, 0) is 16.8 Å². The van der Waals surface area contributed by atoms with Gasteiger partial charge in [-0.2, -0.15) is 0 Å². The van der Waals surface area contributed by atoms with E-state index in [1.165, 1.54) is 22.3 Å². The smallest absolute Gasteiger partial charge is 0.319 e. The number of para-hydroxylation sites is 1. The largest absolute Gasteiger partial charge is 0.379 e. The van der Waals surface area contributed by atoms with Crippen molar-refractivity contribution in [1.29, 1.82) is 0 Å². The lowest BCUT2D eigenvalue weighted by Crippen LogP contribution is -2.46. The SMILES string of the molecule is CC(C)c1cccc(C(C)C)c1NC(=O)NC1(c2cccc(CN3CCOCC3)c2)CCCC1. The summed E-state index contributed by atoms with van der Waals surface area (Å²) >= 11 is 0. The van der Waals surface area contributed by atoms with Gasteiger partial charge in [0.1, 0.15) is 0 Å². The van der Waals surface area contributed by atoms with Crippen molar-refractivity contribution >= 4 is 11.7 Å². The van der Waals surface area contributed by atoms with E-state index < -0.39 is 0 Å². The molecule has 0 aromatic heterocycles. The minimum absolute atomic E-state index is 0.101. The zero-order valence-corrected chi connectivity index (χ0v) is 21.3. The Hall–Kier alpha value is -2.37. The lowest BCUT2D eigenvalue weighted by atomic mass is 9.87. The number of benzene rings is 2. The molecule has 0 spiro atoms. The van der Waals surface area contributed by atoms with Crippen molar-refractivity contribution < 1.29 is 9.53 Å². The molecule has 2 aromatic rings. The van der Waals surface area contributed by atoms with E-state index >= 15 is 0 Å². The van der Waals surface area contributed by atoms with Crippen LogP contribution in [0.15, 0.2) is 42.5 Å². The highest BCUT2D eigenvalue weighted by Gasteiger charge is 2.37. The molecule has 0 radical (unpaired) electrons. The standard InChI is InChI=1S/C29H41N3O2/c1-21(2)25-11-8-12-26(22(3)4)27(25)30-28(33)31-29(13-5-6-14-29)24-10-7-9-23(19-24)20-32-15-17-34-18-16-32/h7-12,19,21-22H,5-6,13-18,20H2,1-4H3,(H2,30,31,33). The van der Waals surface area contributed by atoms with Gasteiger partial charge in [-0.1, -0.05) is 83.0 Å². The van der Waals surface area contributed by atoms with Gasteiger partial charge in [-0.3, -0.25) is 4.90 Å². The van der Waals surface area contributed by atoms with Gasteiger partial charge in [0.05, 0.1) is 18.8 Å². The number of carbonyl (C=O) groups is 1. The molecular weight excluding hydrogens is 422 g/mol. The van der Waals surface area contributed by atoms with E-state index in [-0.39, 0.29) is 11.6 Å². The number of nitrogens with one attached hydrogen (secondary N) is 2. The highest BCUT2D eigenvalue weighted by atomic mass is 16.5. The summed E-state index contributed by atoms with van der Waals surface area (Å²) < 4.78 is 5.50. The maximum absolute atomic E-state index is 13.5. The van der Waals surface area contributed by atoms with Crippen molar-refractivity contribution in [3.8, 4) is 0 Å². The summed E-state index contributed by atoms with van der Waals surface area (Å²) in [5, 5.41) is 6.71. The van der Waals surface area contributed by atoms with Crippen LogP contribution in [0.25, 0.3) is 0 Å². The number of nitrogens with zero attached hydrogens (tertiary/aromatic N) is 1. The van der Waals surface area contributed by atoms with Crippen molar-refractivity contribution in [1.82, 2.24) is 10.2 Å². The van der Waals surface area contributed by atoms with Gasteiger partial charge in [-0.25, -0.2) is 4.79 Å². The lowest BCUT2D eigenvalue weighted by molar-refractivity contribution is 0.0341. The van der Waals surface area contributed by atoms with Crippen LogP contribution in [0.5, 0.6) is 0 Å². The molecule has 4 rings (SSSR count). The summed E-state index contributed by atoms with van der Waals surface area (Å²) in [4.78, 5) is 15.9. The molecule has 1 heterocycles. The molecule has 2 N–H and O–H groups in total. The van der Waals surface area contributed by atoms with E-state index in [0.717, 1.165) is 64.2 Å². The Morgan fingerprint density at radius 2 is 1.59 bits per heavy atom. The first kappa shape index (κ1) is 24.7. The van der Waals surface area contributed by atoms with E-state index in [1.807, 2.05) is 0 Å². The predicted molar refractivity (Wildman–Crippen MR) is 139 cm³/mol. The number of morpholine rings is 1. The molecule has 1 saturated heterocycles. The van der Waals surface area contributed by atoms with Gasteiger partial charge < -0.3 is 15.4 Å². The van der Waals surface area contributed by atoms with E-state index in [4.69, 9.17) is 4.74 Å². The van der Waals surface area contributed by atoms with Crippen LogP contribution >= 0.6 is 0 Å². The van der Waals surface area contributed by atoms with Gasteiger partial charge in [-0.05, 0) is 46.9 Å². The maximum atomic E-state index is 13.5. The fourth-order valence-electron chi connectivity index (χ4n) is 5.51. The molecule has 2 aromatic carbocycles. The minimum atomic E-state index is -0.310. The average molecular weight is 464 g/mol. The van der Waals surface area contributed by atoms with E-state index in [0.29, 0.717) is 11.8 Å². The third-order valence-electron chi connectivity index (χ3n) is 7.41. The van der Waals surface area contributed by atoms with E-state index in [2.05, 4.69) is 85.7 Å². The third-order valence-corrected chi connectivity index (χ3v) is 7.41. The highest BCUT2D eigenvalue weighted by Crippen LogP contribution is 2.40. The van der Waals surface area contributed by atoms with Crippen LogP contribution in [0.3, 0.4) is 0 Å². The van der Waals surface area contributed by atoms with Crippen molar-refractivity contribution in [3.63, 3.8) is 0 Å². The molecule has 0 bridgehead atoms. The second-order valence-corrected chi connectivity index (χ2v) is 10.6. The summed E-state index contributed by atoms with van der Waals surface area (Å²) in [5.41, 5.74) is 5.57. The molecule has 5 nitrogen and oxygen atoms in total. The Kier molecular flexibility index (Phi) is 7.95. The number of hydrogen-bond acceptors (Lipinski definition) is 3. The molecule has 5 heteroatoms. The summed E-state index contributed by atoms with van der Waals surface area (Å²) in [5.74, 6) is 0.678. The number of hydrogen-bond donors (Lipinski definition) is 2. The second kappa shape index (κ2) is 10.9. The topological polar surface area (TPSA) is 53.6 Å². The predicted octanol–water partition coefficient (Wildman–Crippen LogP) is 6.36. The van der Waals surface area contributed by atoms with E-state index in [1.54, 1.807) is 0 Å². The van der Waals surface area contributed by atoms with Gasteiger partial charge >= 0.3 is 6.03 Å². The van der Waals surface area contributed by atoms with Gasteiger partial charge in [0.2, 0.25) is 0 Å². The number of rotatable bonds is 7. The summed E-state index contributed by atoms with van der Waals surface area (Å²) in [6.07, 6.45) is 4.22. The zero-order valence-electron chi connectivity index (χ0n) is 21.3. The summed E-state index contributed by atoms with van der Waals surface area (Å²) in [6.45, 7) is 13.2. The first-order valence-corrected chi connectivity index (χ1v) is 13.0. The molecule has 1 aliphatic heterocycles. The van der Waals surface area contributed by atoms with Gasteiger partial charge in [0, 0.05) is 25.3 Å². The first-order chi connectivity index (χ1) is 16.4. The lowest BCUT2D eigenvalue weighted by Gasteiger charge is -2.33. The van der Waals surface area contributed by atoms with Crippen molar-refractivity contribution in [3.05, 3.63) is 64.7 Å². The molecule has 2 aliphatic rings. The average Bonchev–Trinajstić information content (AvgIpc) is 3.29. The van der Waals surface area contributed by atoms with Gasteiger partial charge in [-0.15, -0.1) is 0 Å². The zero-order chi connectivity index (χ0) is 24.1. The molecule has 2 fully saturated rings. The molecule has 0 atom stereocenters. The molecule has 1 saturated carbocycles.